The summed E-state index contributed by atoms with van der Waals surface area (Å²) in [6.07, 6.45) is 2.36. The number of aromatic nitrogens is 2. The molecule has 1 aromatic heterocycles. The van der Waals surface area contributed by atoms with Gasteiger partial charge in [-0.05, 0) is 13.3 Å². The van der Waals surface area contributed by atoms with Crippen molar-refractivity contribution in [3.05, 3.63) is 17.7 Å². The molecule has 5 heteroatoms. The molecule has 0 fully saturated rings. The molecule has 1 rings (SSSR count). The number of nitrogens with two attached hydrogens (primary N) is 1. The SMILES string of the molecule is CCC(C)NC(=O)c1nc(C(C)C)ncc1N. The summed E-state index contributed by atoms with van der Waals surface area (Å²) in [5.74, 6) is 0.570. The predicted octanol–water partition coefficient (Wildman–Crippen LogP) is 1.71. The third kappa shape index (κ3) is 3.41. The Morgan fingerprint density at radius 3 is 2.65 bits per heavy atom. The standard InChI is InChI=1S/C12H20N4O/c1-5-8(4)15-12(17)10-9(13)6-14-11(16-10)7(2)3/h6-8H,5,13H2,1-4H3,(H,15,17). The Morgan fingerprint density at radius 1 is 1.47 bits per heavy atom. The Bertz CT molecular complexity index is 403. The van der Waals surface area contributed by atoms with Gasteiger partial charge in [-0.2, -0.15) is 0 Å². The third-order valence-corrected chi connectivity index (χ3v) is 2.56. The van der Waals surface area contributed by atoms with Crippen molar-refractivity contribution in [2.45, 2.75) is 46.1 Å². The molecule has 0 aliphatic heterocycles. The van der Waals surface area contributed by atoms with Gasteiger partial charge in [-0.15, -0.1) is 0 Å². The van der Waals surface area contributed by atoms with Gasteiger partial charge in [0, 0.05) is 12.0 Å². The van der Waals surface area contributed by atoms with Gasteiger partial charge in [0.15, 0.2) is 5.69 Å². The molecule has 94 valence electrons. The van der Waals surface area contributed by atoms with Crippen LogP contribution in [-0.4, -0.2) is 21.9 Å². The van der Waals surface area contributed by atoms with Crippen LogP contribution in [0.2, 0.25) is 0 Å². The van der Waals surface area contributed by atoms with Gasteiger partial charge in [-0.25, -0.2) is 9.97 Å². The molecule has 0 aliphatic carbocycles. The van der Waals surface area contributed by atoms with Gasteiger partial charge in [-0.1, -0.05) is 20.8 Å². The maximum atomic E-state index is 11.9. The number of anilines is 1. The highest BCUT2D eigenvalue weighted by atomic mass is 16.1. The first-order valence-electron chi connectivity index (χ1n) is 5.89. The lowest BCUT2D eigenvalue weighted by molar-refractivity contribution is 0.0934. The van der Waals surface area contributed by atoms with E-state index in [0.29, 0.717) is 11.5 Å². The second kappa shape index (κ2) is 5.61. The number of carbonyl (C=O) groups excluding carboxylic acids is 1. The van der Waals surface area contributed by atoms with Gasteiger partial charge in [0.1, 0.15) is 5.82 Å². The summed E-state index contributed by atoms with van der Waals surface area (Å²) >= 11 is 0. The fraction of sp³-hybridized carbons (Fsp3) is 0.583. The van der Waals surface area contributed by atoms with Crippen molar-refractivity contribution in [2.24, 2.45) is 0 Å². The average Bonchev–Trinajstić information content (AvgIpc) is 2.28. The molecule has 17 heavy (non-hydrogen) atoms. The van der Waals surface area contributed by atoms with Gasteiger partial charge in [0.25, 0.3) is 5.91 Å². The molecule has 1 heterocycles. The molecular weight excluding hydrogens is 216 g/mol. The lowest BCUT2D eigenvalue weighted by Gasteiger charge is -2.13. The Morgan fingerprint density at radius 2 is 2.12 bits per heavy atom. The highest BCUT2D eigenvalue weighted by Gasteiger charge is 2.15. The number of rotatable bonds is 4. The molecule has 0 aliphatic rings. The van der Waals surface area contributed by atoms with E-state index in [2.05, 4.69) is 15.3 Å². The fourth-order valence-electron chi connectivity index (χ4n) is 1.26. The van der Waals surface area contributed by atoms with Gasteiger partial charge < -0.3 is 11.1 Å². The summed E-state index contributed by atoms with van der Waals surface area (Å²) in [5.41, 5.74) is 6.30. The summed E-state index contributed by atoms with van der Waals surface area (Å²) in [5, 5.41) is 2.84. The van der Waals surface area contributed by atoms with Crippen LogP contribution in [0.1, 0.15) is 56.3 Å². The summed E-state index contributed by atoms with van der Waals surface area (Å²) < 4.78 is 0. The largest absolute Gasteiger partial charge is 0.396 e. The number of carbonyl (C=O) groups is 1. The predicted molar refractivity (Wildman–Crippen MR) is 67.8 cm³/mol. The van der Waals surface area contributed by atoms with Crippen LogP contribution >= 0.6 is 0 Å². The number of nitrogens with zero attached hydrogens (tertiary/aromatic N) is 2. The molecule has 0 aromatic carbocycles. The van der Waals surface area contributed by atoms with Crippen molar-refractivity contribution >= 4 is 11.6 Å². The van der Waals surface area contributed by atoms with Crippen molar-refractivity contribution in [2.75, 3.05) is 5.73 Å². The smallest absolute Gasteiger partial charge is 0.272 e. The van der Waals surface area contributed by atoms with Crippen molar-refractivity contribution in [3.8, 4) is 0 Å². The van der Waals surface area contributed by atoms with Crippen LogP contribution in [0.25, 0.3) is 0 Å². The summed E-state index contributed by atoms with van der Waals surface area (Å²) in [6.45, 7) is 7.90. The van der Waals surface area contributed by atoms with E-state index in [4.69, 9.17) is 5.73 Å². The first-order valence-corrected chi connectivity index (χ1v) is 5.89. The zero-order valence-electron chi connectivity index (χ0n) is 10.8. The fourth-order valence-corrected chi connectivity index (χ4v) is 1.26. The molecule has 0 saturated carbocycles. The van der Waals surface area contributed by atoms with E-state index in [0.717, 1.165) is 6.42 Å². The summed E-state index contributed by atoms with van der Waals surface area (Å²) in [7, 11) is 0. The molecule has 0 spiro atoms. The van der Waals surface area contributed by atoms with Gasteiger partial charge in [-0.3, -0.25) is 4.79 Å². The minimum absolute atomic E-state index is 0.111. The van der Waals surface area contributed by atoms with Crippen LogP contribution in [0.3, 0.4) is 0 Å². The maximum Gasteiger partial charge on any atom is 0.272 e. The van der Waals surface area contributed by atoms with Gasteiger partial charge in [0.2, 0.25) is 0 Å². The van der Waals surface area contributed by atoms with E-state index < -0.39 is 0 Å². The van der Waals surface area contributed by atoms with Crippen LogP contribution < -0.4 is 11.1 Å². The Kier molecular flexibility index (Phi) is 4.43. The van der Waals surface area contributed by atoms with Crippen molar-refractivity contribution in [1.29, 1.82) is 0 Å². The van der Waals surface area contributed by atoms with Crippen LogP contribution in [-0.2, 0) is 0 Å². The van der Waals surface area contributed by atoms with Gasteiger partial charge in [0.05, 0.1) is 11.9 Å². The molecule has 1 unspecified atom stereocenters. The number of nitrogen functional groups attached to an aromatic ring is 1. The minimum atomic E-state index is -0.235. The van der Waals surface area contributed by atoms with E-state index in [1.54, 1.807) is 0 Å². The van der Waals surface area contributed by atoms with Gasteiger partial charge >= 0.3 is 0 Å². The van der Waals surface area contributed by atoms with Crippen molar-refractivity contribution < 1.29 is 4.79 Å². The molecular formula is C12H20N4O. The number of nitrogens with one attached hydrogen (secondary N) is 1. The summed E-state index contributed by atoms with van der Waals surface area (Å²) in [6, 6.07) is 0.111. The highest BCUT2D eigenvalue weighted by molar-refractivity contribution is 5.97. The maximum absolute atomic E-state index is 11.9. The zero-order valence-corrected chi connectivity index (χ0v) is 10.8. The third-order valence-electron chi connectivity index (χ3n) is 2.56. The average molecular weight is 236 g/mol. The topological polar surface area (TPSA) is 80.9 Å². The van der Waals surface area contributed by atoms with E-state index >= 15 is 0 Å². The van der Waals surface area contributed by atoms with Crippen LogP contribution in [0, 0.1) is 0 Å². The molecule has 1 amide bonds. The lowest BCUT2D eigenvalue weighted by atomic mass is 10.2. The normalized spacial score (nSPS) is 12.5. The molecule has 3 N–H and O–H groups in total. The molecule has 0 bridgehead atoms. The van der Waals surface area contributed by atoms with E-state index in [1.807, 2.05) is 27.7 Å². The van der Waals surface area contributed by atoms with E-state index in [9.17, 15) is 4.79 Å². The van der Waals surface area contributed by atoms with Crippen molar-refractivity contribution in [3.63, 3.8) is 0 Å². The van der Waals surface area contributed by atoms with Crippen LogP contribution in [0.15, 0.2) is 6.20 Å². The second-order valence-corrected chi connectivity index (χ2v) is 4.47. The monoisotopic (exact) mass is 236 g/mol. The number of amides is 1. The summed E-state index contributed by atoms with van der Waals surface area (Å²) in [4.78, 5) is 20.2. The first kappa shape index (κ1) is 13.4. The van der Waals surface area contributed by atoms with E-state index in [1.165, 1.54) is 6.20 Å². The lowest BCUT2D eigenvalue weighted by Crippen LogP contribution is -2.33. The first-order chi connectivity index (χ1) is 7.95. The Hall–Kier alpha value is -1.65. The highest BCUT2D eigenvalue weighted by Crippen LogP contribution is 2.13. The molecule has 1 atom stereocenters. The molecule has 0 radical (unpaired) electrons. The Labute approximate surface area is 102 Å². The van der Waals surface area contributed by atoms with Crippen LogP contribution in [0.4, 0.5) is 5.69 Å². The Balaban J connectivity index is 2.96. The quantitative estimate of drug-likeness (QED) is 0.834. The van der Waals surface area contributed by atoms with Crippen molar-refractivity contribution in [1.82, 2.24) is 15.3 Å². The number of hydrogen-bond donors (Lipinski definition) is 2. The second-order valence-electron chi connectivity index (χ2n) is 4.47. The number of hydrogen-bond acceptors (Lipinski definition) is 4. The zero-order chi connectivity index (χ0) is 13.0. The minimum Gasteiger partial charge on any atom is -0.396 e. The van der Waals surface area contributed by atoms with E-state index in [-0.39, 0.29) is 23.6 Å². The van der Waals surface area contributed by atoms with Crippen LogP contribution in [0.5, 0.6) is 0 Å². The molecule has 1 aromatic rings. The molecule has 0 saturated heterocycles. The molecule has 5 nitrogen and oxygen atoms in total.